The third kappa shape index (κ3) is 3.79. The van der Waals surface area contributed by atoms with Crippen molar-refractivity contribution in [3.8, 4) is 0 Å². The minimum Gasteiger partial charge on any atom is -0.337 e. The Morgan fingerprint density at radius 3 is 2.52 bits per heavy atom. The summed E-state index contributed by atoms with van der Waals surface area (Å²) < 4.78 is 1.95. The van der Waals surface area contributed by atoms with Crippen LogP contribution in [-0.2, 0) is 18.4 Å². The topological polar surface area (TPSA) is 41.4 Å². The van der Waals surface area contributed by atoms with E-state index in [1.54, 1.807) is 6.20 Å². The summed E-state index contributed by atoms with van der Waals surface area (Å²) in [5, 5.41) is 0. The van der Waals surface area contributed by atoms with Crippen molar-refractivity contribution in [2.75, 3.05) is 20.6 Å². The lowest BCUT2D eigenvalue weighted by Gasteiger charge is -2.31. The van der Waals surface area contributed by atoms with E-state index in [1.807, 2.05) is 79.8 Å². The number of likely N-dealkylation sites (N-methyl/N-ethyl adjacent to an activating group) is 2. The van der Waals surface area contributed by atoms with Gasteiger partial charge >= 0.3 is 0 Å². The normalized spacial score (nSPS) is 12.4. The van der Waals surface area contributed by atoms with E-state index in [9.17, 15) is 4.79 Å². The quantitative estimate of drug-likeness (QED) is 0.822. The van der Waals surface area contributed by atoms with Gasteiger partial charge in [-0.15, -0.1) is 0 Å². The highest BCUT2D eigenvalue weighted by molar-refractivity contribution is 5.83. The number of nitrogens with zero attached hydrogens (tertiary/aromatic N) is 4. The maximum Gasteiger partial charge on any atom is 0.244 e. The molecule has 1 aromatic heterocycles. The van der Waals surface area contributed by atoms with Crippen LogP contribution in [-0.4, -0.2) is 45.9 Å². The van der Waals surface area contributed by atoms with Crippen molar-refractivity contribution in [1.82, 2.24) is 19.4 Å². The van der Waals surface area contributed by atoms with E-state index in [-0.39, 0.29) is 11.9 Å². The molecule has 0 bridgehead atoms. The Kier molecular flexibility index (Phi) is 5.55. The molecular formula is C18H26N4O. The van der Waals surface area contributed by atoms with E-state index in [0.717, 1.165) is 17.0 Å². The number of hydrogen-bond donors (Lipinski definition) is 0. The first-order valence-electron chi connectivity index (χ1n) is 7.92. The zero-order valence-electron chi connectivity index (χ0n) is 14.7. The minimum absolute atomic E-state index is 0.106. The van der Waals surface area contributed by atoms with Crippen LogP contribution in [0.15, 0.2) is 36.7 Å². The fourth-order valence-corrected chi connectivity index (χ4v) is 2.76. The van der Waals surface area contributed by atoms with Gasteiger partial charge in [-0.25, -0.2) is 4.98 Å². The maximum atomic E-state index is 13.2. The predicted molar refractivity (Wildman–Crippen MR) is 91.9 cm³/mol. The van der Waals surface area contributed by atoms with E-state index in [1.165, 1.54) is 0 Å². The molecule has 5 heteroatoms. The lowest BCUT2D eigenvalue weighted by molar-refractivity contribution is -0.137. The molecule has 0 saturated heterocycles. The van der Waals surface area contributed by atoms with Crippen LogP contribution in [0.5, 0.6) is 0 Å². The third-order valence-electron chi connectivity index (χ3n) is 4.18. The average Bonchev–Trinajstić information content (AvgIpc) is 2.91. The van der Waals surface area contributed by atoms with E-state index in [4.69, 9.17) is 0 Å². The Labute approximate surface area is 138 Å². The molecule has 0 aliphatic heterocycles. The molecule has 0 unspecified atom stereocenters. The number of aryl methyl sites for hydroxylation is 2. The van der Waals surface area contributed by atoms with Crippen LogP contribution in [0.1, 0.15) is 29.9 Å². The van der Waals surface area contributed by atoms with Gasteiger partial charge in [0, 0.05) is 26.0 Å². The number of carbonyl (C=O) groups is 1. The van der Waals surface area contributed by atoms with Crippen molar-refractivity contribution in [1.29, 1.82) is 0 Å². The van der Waals surface area contributed by atoms with Crippen LogP contribution in [0.4, 0.5) is 0 Å². The highest BCUT2D eigenvalue weighted by Crippen LogP contribution is 2.24. The van der Waals surface area contributed by atoms with Gasteiger partial charge < -0.3 is 9.47 Å². The highest BCUT2D eigenvalue weighted by Gasteiger charge is 2.28. The van der Waals surface area contributed by atoms with Gasteiger partial charge in [-0.2, -0.15) is 0 Å². The number of rotatable bonds is 6. The van der Waals surface area contributed by atoms with E-state index in [2.05, 4.69) is 4.98 Å². The molecule has 5 nitrogen and oxygen atoms in total. The molecule has 1 amide bonds. The summed E-state index contributed by atoms with van der Waals surface area (Å²) in [6.45, 7) is 5.23. The molecule has 0 fully saturated rings. The van der Waals surface area contributed by atoms with Gasteiger partial charge in [0.1, 0.15) is 11.9 Å². The number of carbonyl (C=O) groups excluding carboxylic acids is 1. The Balaban J connectivity index is 2.29. The standard InChI is InChI=1S/C18H26N4O/c1-6-22(13-16-19-11-12-21(16)5)18(23)17(20(3)4)15-10-8-7-9-14(15)2/h7-12,17H,6,13H2,1-5H3/t17-/m1/s1. The molecule has 0 aliphatic rings. The highest BCUT2D eigenvalue weighted by atomic mass is 16.2. The summed E-state index contributed by atoms with van der Waals surface area (Å²) >= 11 is 0. The molecule has 0 N–H and O–H groups in total. The van der Waals surface area contributed by atoms with Crippen LogP contribution in [0.25, 0.3) is 0 Å². The van der Waals surface area contributed by atoms with Gasteiger partial charge in [-0.1, -0.05) is 24.3 Å². The van der Waals surface area contributed by atoms with Crippen molar-refractivity contribution in [3.05, 3.63) is 53.6 Å². The summed E-state index contributed by atoms with van der Waals surface area (Å²) in [6.07, 6.45) is 3.66. The first kappa shape index (κ1) is 17.2. The van der Waals surface area contributed by atoms with Crippen LogP contribution >= 0.6 is 0 Å². The Morgan fingerprint density at radius 1 is 1.30 bits per heavy atom. The first-order chi connectivity index (χ1) is 11.0. The summed E-state index contributed by atoms with van der Waals surface area (Å²) in [5.74, 6) is 0.997. The Hall–Kier alpha value is -2.14. The summed E-state index contributed by atoms with van der Waals surface area (Å²) in [4.78, 5) is 21.3. The van der Waals surface area contributed by atoms with E-state index < -0.39 is 0 Å². The third-order valence-corrected chi connectivity index (χ3v) is 4.18. The van der Waals surface area contributed by atoms with Gasteiger partial charge in [-0.05, 0) is 39.1 Å². The Bertz CT molecular complexity index is 663. The summed E-state index contributed by atoms with van der Waals surface area (Å²) in [6, 6.07) is 7.79. The van der Waals surface area contributed by atoms with Crippen molar-refractivity contribution >= 4 is 5.91 Å². The SMILES string of the molecule is CCN(Cc1nccn1C)C(=O)[C@@H](c1ccccc1C)N(C)C. The van der Waals surface area contributed by atoms with Crippen LogP contribution < -0.4 is 0 Å². The molecule has 0 saturated carbocycles. The van der Waals surface area contributed by atoms with Crippen LogP contribution in [0.2, 0.25) is 0 Å². The van der Waals surface area contributed by atoms with Crippen LogP contribution in [0.3, 0.4) is 0 Å². The molecular weight excluding hydrogens is 288 g/mol. The molecule has 0 spiro atoms. The van der Waals surface area contributed by atoms with E-state index >= 15 is 0 Å². The molecule has 1 aromatic carbocycles. The van der Waals surface area contributed by atoms with Gasteiger partial charge in [0.2, 0.25) is 5.91 Å². The van der Waals surface area contributed by atoms with Crippen molar-refractivity contribution in [2.45, 2.75) is 26.4 Å². The molecule has 2 rings (SSSR count). The number of imidazole rings is 1. The lowest BCUT2D eigenvalue weighted by Crippen LogP contribution is -2.40. The molecule has 1 heterocycles. The van der Waals surface area contributed by atoms with Crippen molar-refractivity contribution in [3.63, 3.8) is 0 Å². The Morgan fingerprint density at radius 2 is 2.00 bits per heavy atom. The molecule has 124 valence electrons. The fourth-order valence-electron chi connectivity index (χ4n) is 2.76. The summed E-state index contributed by atoms with van der Waals surface area (Å²) in [7, 11) is 5.85. The van der Waals surface area contributed by atoms with Gasteiger partial charge in [0.05, 0.1) is 6.54 Å². The number of benzene rings is 1. The molecule has 1 atom stereocenters. The van der Waals surface area contributed by atoms with Gasteiger partial charge in [0.25, 0.3) is 0 Å². The number of aromatic nitrogens is 2. The second-order valence-electron chi connectivity index (χ2n) is 6.03. The first-order valence-corrected chi connectivity index (χ1v) is 7.92. The molecule has 0 radical (unpaired) electrons. The average molecular weight is 314 g/mol. The second-order valence-corrected chi connectivity index (χ2v) is 6.03. The number of hydrogen-bond acceptors (Lipinski definition) is 3. The van der Waals surface area contributed by atoms with Gasteiger partial charge in [0.15, 0.2) is 0 Å². The largest absolute Gasteiger partial charge is 0.337 e. The zero-order valence-corrected chi connectivity index (χ0v) is 14.7. The van der Waals surface area contributed by atoms with Crippen molar-refractivity contribution in [2.24, 2.45) is 7.05 Å². The van der Waals surface area contributed by atoms with Gasteiger partial charge in [-0.3, -0.25) is 9.69 Å². The fraction of sp³-hybridized carbons (Fsp3) is 0.444. The number of amides is 1. The smallest absolute Gasteiger partial charge is 0.244 e. The summed E-state index contributed by atoms with van der Waals surface area (Å²) in [5.41, 5.74) is 2.19. The second kappa shape index (κ2) is 7.42. The van der Waals surface area contributed by atoms with Crippen molar-refractivity contribution < 1.29 is 4.79 Å². The predicted octanol–water partition coefficient (Wildman–Crippen LogP) is 2.38. The van der Waals surface area contributed by atoms with Crippen LogP contribution in [0, 0.1) is 6.92 Å². The molecule has 0 aliphatic carbocycles. The lowest BCUT2D eigenvalue weighted by atomic mass is 9.99. The minimum atomic E-state index is -0.281. The zero-order chi connectivity index (χ0) is 17.0. The monoisotopic (exact) mass is 314 g/mol. The molecule has 2 aromatic rings. The maximum absolute atomic E-state index is 13.2. The van der Waals surface area contributed by atoms with E-state index in [0.29, 0.717) is 13.1 Å². The molecule has 23 heavy (non-hydrogen) atoms.